The van der Waals surface area contributed by atoms with Crippen molar-refractivity contribution in [3.05, 3.63) is 54.3 Å². The molecule has 0 unspecified atom stereocenters. The van der Waals surface area contributed by atoms with Crippen LogP contribution in [0.5, 0.6) is 11.5 Å². The average molecular weight is 486 g/mol. The summed E-state index contributed by atoms with van der Waals surface area (Å²) < 4.78 is 32.7. The molecule has 2 aliphatic rings. The maximum Gasteiger partial charge on any atom is 0.232 e. The summed E-state index contributed by atoms with van der Waals surface area (Å²) in [5.74, 6) is 1.57. The third kappa shape index (κ3) is 5.10. The number of halogens is 1. The van der Waals surface area contributed by atoms with Crippen molar-refractivity contribution >= 4 is 23.6 Å². The second kappa shape index (κ2) is 10.3. The van der Waals surface area contributed by atoms with Crippen LogP contribution in [0.25, 0.3) is 5.69 Å². The highest BCUT2D eigenvalue weighted by molar-refractivity contribution is 7.99. The summed E-state index contributed by atoms with van der Waals surface area (Å²) in [4.78, 5) is 14.6. The zero-order valence-corrected chi connectivity index (χ0v) is 19.2. The van der Waals surface area contributed by atoms with Crippen LogP contribution in [-0.4, -0.2) is 72.0 Å². The number of para-hydroxylation sites is 2. The Morgan fingerprint density at radius 1 is 1.12 bits per heavy atom. The number of nitrogens with one attached hydrogen (secondary N) is 1. The van der Waals surface area contributed by atoms with Gasteiger partial charge in [0.2, 0.25) is 11.9 Å². The number of anilines is 1. The van der Waals surface area contributed by atoms with Gasteiger partial charge in [0.25, 0.3) is 0 Å². The van der Waals surface area contributed by atoms with Gasteiger partial charge in [0.15, 0.2) is 16.7 Å². The van der Waals surface area contributed by atoms with E-state index < -0.39 is 0 Å². The lowest BCUT2D eigenvalue weighted by Crippen LogP contribution is -2.41. The number of amides is 1. The van der Waals surface area contributed by atoms with Crippen molar-refractivity contribution in [3.63, 3.8) is 0 Å². The molecule has 1 N–H and O–H groups in total. The smallest absolute Gasteiger partial charge is 0.232 e. The van der Waals surface area contributed by atoms with Crippen LogP contribution in [0.2, 0.25) is 0 Å². The molecule has 1 amide bonds. The topological polar surface area (TPSA) is 90.7 Å². The number of rotatable bonds is 7. The van der Waals surface area contributed by atoms with E-state index in [1.165, 1.54) is 23.9 Å². The predicted molar refractivity (Wildman–Crippen MR) is 124 cm³/mol. The van der Waals surface area contributed by atoms with Crippen molar-refractivity contribution in [2.24, 2.45) is 0 Å². The summed E-state index contributed by atoms with van der Waals surface area (Å²) in [6, 6.07) is 13.7. The predicted octanol–water partition coefficient (Wildman–Crippen LogP) is 2.29. The lowest BCUT2D eigenvalue weighted by atomic mass is 10.2. The first-order valence-corrected chi connectivity index (χ1v) is 12.0. The molecule has 0 aliphatic carbocycles. The Hall–Kier alpha value is -3.31. The van der Waals surface area contributed by atoms with E-state index >= 15 is 0 Å². The lowest BCUT2D eigenvalue weighted by Gasteiger charge is -2.28. The molecule has 1 fully saturated rings. The molecule has 1 saturated heterocycles. The van der Waals surface area contributed by atoms with Crippen molar-refractivity contribution in [1.82, 2.24) is 20.1 Å². The minimum Gasteiger partial charge on any atom is -0.486 e. The summed E-state index contributed by atoms with van der Waals surface area (Å²) >= 11 is 1.24. The van der Waals surface area contributed by atoms with E-state index in [0.717, 1.165) is 0 Å². The zero-order chi connectivity index (χ0) is 23.3. The van der Waals surface area contributed by atoms with Crippen molar-refractivity contribution in [3.8, 4) is 17.2 Å². The molecule has 3 heterocycles. The molecule has 2 aliphatic heterocycles. The molecule has 1 atom stereocenters. The third-order valence-electron chi connectivity index (χ3n) is 5.40. The average Bonchev–Trinajstić information content (AvgIpc) is 3.30. The minimum absolute atomic E-state index is 0.126. The van der Waals surface area contributed by atoms with Crippen molar-refractivity contribution in [1.29, 1.82) is 0 Å². The van der Waals surface area contributed by atoms with E-state index in [1.807, 2.05) is 29.2 Å². The number of hydrogen-bond acceptors (Lipinski definition) is 8. The number of fused-ring (bicyclic) bond motifs is 1. The van der Waals surface area contributed by atoms with Gasteiger partial charge in [-0.1, -0.05) is 30.0 Å². The summed E-state index contributed by atoms with van der Waals surface area (Å²) in [6.45, 7) is 3.16. The molecule has 11 heteroatoms. The molecule has 2 aromatic carbocycles. The highest BCUT2D eigenvalue weighted by Crippen LogP contribution is 2.31. The van der Waals surface area contributed by atoms with Gasteiger partial charge in [-0.05, 0) is 30.3 Å². The number of benzene rings is 2. The van der Waals surface area contributed by atoms with Gasteiger partial charge in [-0.25, -0.2) is 4.39 Å². The van der Waals surface area contributed by atoms with E-state index in [0.29, 0.717) is 67.7 Å². The normalized spacial score (nSPS) is 17.4. The summed E-state index contributed by atoms with van der Waals surface area (Å²) in [5, 5.41) is 12.0. The lowest BCUT2D eigenvalue weighted by molar-refractivity contribution is -0.119. The Morgan fingerprint density at radius 2 is 1.94 bits per heavy atom. The molecule has 9 nitrogen and oxygen atoms in total. The highest BCUT2D eigenvalue weighted by Gasteiger charge is 2.24. The second-order valence-corrected chi connectivity index (χ2v) is 8.73. The molecular weight excluding hydrogens is 461 g/mol. The standard InChI is InChI=1S/C23H24FN5O4S/c24-16-4-3-5-17(12-16)29-22(28-8-10-31-11-9-28)26-27-23(29)34-15-21(30)25-13-18-14-32-19-6-1-2-7-20(19)33-18/h1-7,12,18H,8-11,13-15H2,(H,25,30)/t18-/m0/s1. The monoisotopic (exact) mass is 485 g/mol. The van der Waals surface area contributed by atoms with Gasteiger partial charge >= 0.3 is 0 Å². The fraction of sp³-hybridized carbons (Fsp3) is 0.348. The van der Waals surface area contributed by atoms with E-state index in [9.17, 15) is 9.18 Å². The Balaban J connectivity index is 1.23. The molecule has 0 bridgehead atoms. The Morgan fingerprint density at radius 3 is 2.76 bits per heavy atom. The van der Waals surface area contributed by atoms with Crippen LogP contribution in [0, 0.1) is 5.82 Å². The number of ether oxygens (including phenoxy) is 3. The van der Waals surface area contributed by atoms with Gasteiger partial charge in [-0.2, -0.15) is 0 Å². The van der Waals surface area contributed by atoms with Crippen LogP contribution >= 0.6 is 11.8 Å². The highest BCUT2D eigenvalue weighted by atomic mass is 32.2. The van der Waals surface area contributed by atoms with Crippen LogP contribution < -0.4 is 19.7 Å². The van der Waals surface area contributed by atoms with Crippen LogP contribution in [0.3, 0.4) is 0 Å². The molecular formula is C23H24FN5O4S. The summed E-state index contributed by atoms with van der Waals surface area (Å²) in [5.41, 5.74) is 0.598. The second-order valence-electron chi connectivity index (χ2n) is 7.79. The van der Waals surface area contributed by atoms with Gasteiger partial charge in [0.05, 0.1) is 31.2 Å². The number of thioether (sulfide) groups is 1. The Labute approximate surface area is 200 Å². The maximum absolute atomic E-state index is 14.0. The molecule has 3 aromatic rings. The summed E-state index contributed by atoms with van der Waals surface area (Å²) in [6.07, 6.45) is -0.271. The Kier molecular flexibility index (Phi) is 6.82. The molecule has 1 aromatic heterocycles. The number of morpholine rings is 1. The SMILES string of the molecule is O=C(CSc1nnc(N2CCOCC2)n1-c1cccc(F)c1)NC[C@H]1COc2ccccc2O1. The van der Waals surface area contributed by atoms with Gasteiger partial charge in [-0.15, -0.1) is 10.2 Å². The molecule has 0 spiro atoms. The molecule has 0 saturated carbocycles. The van der Waals surface area contributed by atoms with Crippen LogP contribution in [0.15, 0.2) is 53.7 Å². The van der Waals surface area contributed by atoms with Gasteiger partial charge in [-0.3, -0.25) is 9.36 Å². The van der Waals surface area contributed by atoms with E-state index in [4.69, 9.17) is 14.2 Å². The molecule has 0 radical (unpaired) electrons. The maximum atomic E-state index is 14.0. The first kappa shape index (κ1) is 22.5. The molecule has 178 valence electrons. The minimum atomic E-state index is -0.357. The number of hydrogen-bond donors (Lipinski definition) is 1. The first-order chi connectivity index (χ1) is 16.7. The fourth-order valence-electron chi connectivity index (χ4n) is 3.74. The first-order valence-electron chi connectivity index (χ1n) is 11.0. The van der Waals surface area contributed by atoms with Gasteiger partial charge < -0.3 is 24.4 Å². The van der Waals surface area contributed by atoms with E-state index in [-0.39, 0.29) is 23.6 Å². The van der Waals surface area contributed by atoms with Crippen LogP contribution in [0.4, 0.5) is 10.3 Å². The molecule has 5 rings (SSSR count). The number of nitrogens with zero attached hydrogens (tertiary/aromatic N) is 4. The number of aromatic nitrogens is 3. The van der Waals surface area contributed by atoms with Gasteiger partial charge in [0.1, 0.15) is 18.5 Å². The van der Waals surface area contributed by atoms with Crippen LogP contribution in [-0.2, 0) is 9.53 Å². The van der Waals surface area contributed by atoms with Crippen LogP contribution in [0.1, 0.15) is 0 Å². The number of carbonyl (C=O) groups excluding carboxylic acids is 1. The Bertz CT molecular complexity index is 1150. The van der Waals surface area contributed by atoms with Crippen molar-refractivity contribution in [2.45, 2.75) is 11.3 Å². The largest absolute Gasteiger partial charge is 0.486 e. The van der Waals surface area contributed by atoms with Crippen molar-refractivity contribution in [2.75, 3.05) is 50.1 Å². The van der Waals surface area contributed by atoms with E-state index in [1.54, 1.807) is 16.7 Å². The zero-order valence-electron chi connectivity index (χ0n) is 18.4. The van der Waals surface area contributed by atoms with Crippen molar-refractivity contribution < 1.29 is 23.4 Å². The van der Waals surface area contributed by atoms with E-state index in [2.05, 4.69) is 15.5 Å². The third-order valence-corrected chi connectivity index (χ3v) is 6.33. The molecule has 34 heavy (non-hydrogen) atoms. The number of carbonyl (C=O) groups is 1. The quantitative estimate of drug-likeness (QED) is 0.510. The summed E-state index contributed by atoms with van der Waals surface area (Å²) in [7, 11) is 0. The van der Waals surface area contributed by atoms with Gasteiger partial charge in [0, 0.05) is 13.1 Å². The fourth-order valence-corrected chi connectivity index (χ4v) is 4.51.